The van der Waals surface area contributed by atoms with Gasteiger partial charge in [0, 0.05) is 37.7 Å². The Labute approximate surface area is 173 Å². The molecule has 2 heterocycles. The van der Waals surface area contributed by atoms with Crippen molar-refractivity contribution in [3.05, 3.63) is 47.8 Å². The van der Waals surface area contributed by atoms with Crippen LogP contribution in [0.5, 0.6) is 5.75 Å². The van der Waals surface area contributed by atoms with Crippen molar-refractivity contribution in [1.82, 2.24) is 15.0 Å². The Kier molecular flexibility index (Phi) is 12.0. The minimum atomic E-state index is 0.648. The van der Waals surface area contributed by atoms with Crippen molar-refractivity contribution in [2.45, 2.75) is 51.9 Å². The zero-order valence-electron chi connectivity index (χ0n) is 17.9. The predicted molar refractivity (Wildman–Crippen MR) is 119 cm³/mol. The summed E-state index contributed by atoms with van der Waals surface area (Å²) in [5, 5.41) is 0.906. The van der Waals surface area contributed by atoms with E-state index in [0.29, 0.717) is 13.2 Å². The SMILES string of the molecule is CC.CC.COCCCOc1ccnc(CSc2nc3ccccc3[nH]2)c1C. The smallest absolute Gasteiger partial charge is 0.166 e. The van der Waals surface area contributed by atoms with Crippen LogP contribution in [0, 0.1) is 6.92 Å². The summed E-state index contributed by atoms with van der Waals surface area (Å²) in [5.41, 5.74) is 4.14. The number of rotatable bonds is 8. The first kappa shape index (κ1) is 24.0. The van der Waals surface area contributed by atoms with E-state index >= 15 is 0 Å². The maximum Gasteiger partial charge on any atom is 0.166 e. The third-order valence-electron chi connectivity index (χ3n) is 3.72. The van der Waals surface area contributed by atoms with Gasteiger partial charge >= 0.3 is 0 Å². The number of aromatic amines is 1. The molecule has 0 bridgehead atoms. The quantitative estimate of drug-likeness (QED) is 0.368. The third kappa shape index (κ3) is 7.17. The summed E-state index contributed by atoms with van der Waals surface area (Å²) in [7, 11) is 1.70. The highest BCUT2D eigenvalue weighted by atomic mass is 32.2. The van der Waals surface area contributed by atoms with E-state index in [9.17, 15) is 0 Å². The average Bonchev–Trinajstić information content (AvgIpc) is 3.17. The van der Waals surface area contributed by atoms with E-state index in [-0.39, 0.29) is 0 Å². The van der Waals surface area contributed by atoms with Gasteiger partial charge in [-0.1, -0.05) is 51.6 Å². The lowest BCUT2D eigenvalue weighted by atomic mass is 10.2. The molecule has 0 fully saturated rings. The molecule has 0 aliphatic carbocycles. The van der Waals surface area contributed by atoms with Gasteiger partial charge in [-0.3, -0.25) is 4.98 Å². The molecule has 28 heavy (non-hydrogen) atoms. The highest BCUT2D eigenvalue weighted by molar-refractivity contribution is 7.98. The number of aromatic nitrogens is 3. The van der Waals surface area contributed by atoms with Crippen LogP contribution in [0.2, 0.25) is 0 Å². The Morgan fingerprint density at radius 1 is 1.04 bits per heavy atom. The molecule has 3 rings (SSSR count). The molecular weight excluding hydrogens is 370 g/mol. The monoisotopic (exact) mass is 403 g/mol. The zero-order valence-corrected chi connectivity index (χ0v) is 18.7. The second-order valence-corrected chi connectivity index (χ2v) is 6.39. The number of hydrogen-bond donors (Lipinski definition) is 1. The van der Waals surface area contributed by atoms with Crippen LogP contribution in [0.15, 0.2) is 41.7 Å². The second-order valence-electron chi connectivity index (χ2n) is 5.42. The minimum Gasteiger partial charge on any atom is -0.493 e. The molecule has 3 aromatic rings. The maximum atomic E-state index is 5.83. The molecule has 0 saturated carbocycles. The number of nitrogens with one attached hydrogen (secondary N) is 1. The summed E-state index contributed by atoms with van der Waals surface area (Å²) in [4.78, 5) is 12.4. The molecule has 0 amide bonds. The molecule has 2 aromatic heterocycles. The van der Waals surface area contributed by atoms with Gasteiger partial charge in [-0.15, -0.1) is 0 Å². The number of methoxy groups -OCH3 is 1. The summed E-state index contributed by atoms with van der Waals surface area (Å²) >= 11 is 1.65. The van der Waals surface area contributed by atoms with Gasteiger partial charge in [0.05, 0.1) is 23.3 Å². The highest BCUT2D eigenvalue weighted by Gasteiger charge is 2.09. The van der Waals surface area contributed by atoms with Crippen LogP contribution in [-0.2, 0) is 10.5 Å². The van der Waals surface area contributed by atoms with Gasteiger partial charge in [0.1, 0.15) is 5.75 Å². The molecule has 0 atom stereocenters. The van der Waals surface area contributed by atoms with Gasteiger partial charge in [0.25, 0.3) is 0 Å². The fraction of sp³-hybridized carbons (Fsp3) is 0.455. The van der Waals surface area contributed by atoms with Gasteiger partial charge in [0.15, 0.2) is 5.16 Å². The molecule has 0 spiro atoms. The molecule has 0 unspecified atom stereocenters. The average molecular weight is 404 g/mol. The first-order valence-electron chi connectivity index (χ1n) is 9.91. The number of imidazole rings is 1. The van der Waals surface area contributed by atoms with E-state index in [0.717, 1.165) is 45.4 Å². The molecule has 5 nitrogen and oxygen atoms in total. The normalized spacial score (nSPS) is 9.93. The fourth-order valence-electron chi connectivity index (χ4n) is 2.38. The second kappa shape index (κ2) is 14.0. The largest absolute Gasteiger partial charge is 0.493 e. The number of nitrogens with zero attached hydrogens (tertiary/aromatic N) is 2. The highest BCUT2D eigenvalue weighted by Crippen LogP contribution is 2.27. The molecule has 0 aliphatic rings. The summed E-state index contributed by atoms with van der Waals surface area (Å²) < 4.78 is 10.9. The molecular formula is C22H33N3O2S. The van der Waals surface area contributed by atoms with Crippen LogP contribution in [-0.4, -0.2) is 35.3 Å². The van der Waals surface area contributed by atoms with Crippen LogP contribution in [0.3, 0.4) is 0 Å². The Balaban J connectivity index is 0.000000921. The summed E-state index contributed by atoms with van der Waals surface area (Å²) in [6.07, 6.45) is 2.68. The lowest BCUT2D eigenvalue weighted by molar-refractivity contribution is 0.172. The molecule has 0 saturated heterocycles. The van der Waals surface area contributed by atoms with Crippen LogP contribution in [0.1, 0.15) is 45.4 Å². The first-order valence-corrected chi connectivity index (χ1v) is 10.9. The standard InChI is InChI=1S/C18H21N3O2S.2C2H6/c1-13-16(19-9-8-17(13)23-11-5-10-22-2)12-24-18-20-14-6-3-4-7-15(14)21-18;2*1-2/h3-4,6-9H,5,10-12H2,1-2H3,(H,20,21);2*1-2H3. The van der Waals surface area contributed by atoms with Crippen molar-refractivity contribution in [2.24, 2.45) is 0 Å². The van der Waals surface area contributed by atoms with E-state index in [1.165, 1.54) is 0 Å². The van der Waals surface area contributed by atoms with E-state index in [4.69, 9.17) is 9.47 Å². The van der Waals surface area contributed by atoms with Crippen LogP contribution in [0.25, 0.3) is 11.0 Å². The number of pyridine rings is 1. The van der Waals surface area contributed by atoms with Crippen molar-refractivity contribution < 1.29 is 9.47 Å². The van der Waals surface area contributed by atoms with Crippen molar-refractivity contribution in [2.75, 3.05) is 20.3 Å². The number of ether oxygens (including phenoxy) is 2. The Bertz CT molecular complexity index is 772. The number of thioether (sulfide) groups is 1. The first-order chi connectivity index (χ1) is 13.8. The summed E-state index contributed by atoms with van der Waals surface area (Å²) in [6.45, 7) is 11.4. The molecule has 1 aromatic carbocycles. The lowest BCUT2D eigenvalue weighted by Crippen LogP contribution is -2.04. The summed E-state index contributed by atoms with van der Waals surface area (Å²) in [6, 6.07) is 9.95. The van der Waals surface area contributed by atoms with Crippen LogP contribution < -0.4 is 4.74 Å². The van der Waals surface area contributed by atoms with Crippen molar-refractivity contribution in [3.63, 3.8) is 0 Å². The number of para-hydroxylation sites is 2. The molecule has 1 N–H and O–H groups in total. The van der Waals surface area contributed by atoms with Gasteiger partial charge < -0.3 is 14.5 Å². The molecule has 154 valence electrons. The summed E-state index contributed by atoms with van der Waals surface area (Å²) in [5.74, 6) is 1.64. The van der Waals surface area contributed by atoms with Crippen LogP contribution in [0.4, 0.5) is 0 Å². The van der Waals surface area contributed by atoms with Gasteiger partial charge in [-0.25, -0.2) is 4.98 Å². The fourth-order valence-corrected chi connectivity index (χ4v) is 3.29. The topological polar surface area (TPSA) is 60.0 Å². The molecule has 0 aliphatic heterocycles. The number of fused-ring (bicyclic) bond motifs is 1. The number of H-pyrrole nitrogens is 1. The van der Waals surface area contributed by atoms with Crippen molar-refractivity contribution in [1.29, 1.82) is 0 Å². The van der Waals surface area contributed by atoms with E-state index in [2.05, 4.69) is 15.0 Å². The molecule has 6 heteroatoms. The maximum absolute atomic E-state index is 5.83. The van der Waals surface area contributed by atoms with Gasteiger partial charge in [0.2, 0.25) is 0 Å². The van der Waals surface area contributed by atoms with Crippen molar-refractivity contribution in [3.8, 4) is 5.75 Å². The van der Waals surface area contributed by atoms with Gasteiger partial charge in [-0.2, -0.15) is 0 Å². The Morgan fingerprint density at radius 2 is 1.79 bits per heavy atom. The number of hydrogen-bond acceptors (Lipinski definition) is 5. The van der Waals surface area contributed by atoms with E-state index in [1.807, 2.05) is 65.0 Å². The number of benzene rings is 1. The lowest BCUT2D eigenvalue weighted by Gasteiger charge is -2.11. The minimum absolute atomic E-state index is 0.648. The van der Waals surface area contributed by atoms with Crippen molar-refractivity contribution >= 4 is 22.8 Å². The van der Waals surface area contributed by atoms with E-state index < -0.39 is 0 Å². The van der Waals surface area contributed by atoms with Gasteiger partial charge in [-0.05, 0) is 25.1 Å². The Hall–Kier alpha value is -2.05. The van der Waals surface area contributed by atoms with Crippen LogP contribution >= 0.6 is 11.8 Å². The van der Waals surface area contributed by atoms with E-state index in [1.54, 1.807) is 25.1 Å². The zero-order chi connectivity index (χ0) is 20.8. The predicted octanol–water partition coefficient (Wildman–Crippen LogP) is 6.03. The third-order valence-corrected chi connectivity index (χ3v) is 4.61. The Morgan fingerprint density at radius 3 is 2.50 bits per heavy atom. The molecule has 0 radical (unpaired) electrons.